The number of benzene rings is 2. The number of ether oxygens (including phenoxy) is 1. The van der Waals surface area contributed by atoms with E-state index in [2.05, 4.69) is 0 Å². The first-order valence-corrected chi connectivity index (χ1v) is 8.69. The Hall–Kier alpha value is -3.22. The molecule has 0 unspecified atom stereocenters. The first kappa shape index (κ1) is 18.6. The SMILES string of the molecule is Cc1ccc(COC(=O)[C@@H]2CCC(=O)N2Cc2ccc([N+](=O)[O-])cc2)cc1. The number of likely N-dealkylation sites (tertiary alicyclic amines) is 1. The Bertz CT molecular complexity index is 846. The Balaban J connectivity index is 1.63. The number of aryl methyl sites for hydroxylation is 1. The number of non-ortho nitro benzene ring substituents is 1. The van der Waals surface area contributed by atoms with E-state index < -0.39 is 16.9 Å². The zero-order chi connectivity index (χ0) is 19.4. The van der Waals surface area contributed by atoms with E-state index in [-0.39, 0.29) is 31.2 Å². The zero-order valence-corrected chi connectivity index (χ0v) is 15.0. The molecule has 3 rings (SSSR count). The molecular weight excluding hydrogens is 348 g/mol. The summed E-state index contributed by atoms with van der Waals surface area (Å²) in [5, 5.41) is 10.7. The Kier molecular flexibility index (Phi) is 5.49. The summed E-state index contributed by atoms with van der Waals surface area (Å²) < 4.78 is 5.40. The second-order valence-electron chi connectivity index (χ2n) is 6.59. The molecule has 2 aromatic carbocycles. The largest absolute Gasteiger partial charge is 0.459 e. The van der Waals surface area contributed by atoms with Gasteiger partial charge >= 0.3 is 5.97 Å². The summed E-state index contributed by atoms with van der Waals surface area (Å²) >= 11 is 0. The Morgan fingerprint density at radius 1 is 1.15 bits per heavy atom. The highest BCUT2D eigenvalue weighted by atomic mass is 16.6. The maximum atomic E-state index is 12.5. The fraction of sp³-hybridized carbons (Fsp3) is 0.300. The van der Waals surface area contributed by atoms with Crippen molar-refractivity contribution in [3.8, 4) is 0 Å². The molecule has 0 saturated carbocycles. The third kappa shape index (κ3) is 4.49. The number of hydrogen-bond acceptors (Lipinski definition) is 5. The van der Waals surface area contributed by atoms with E-state index in [0.29, 0.717) is 6.42 Å². The molecule has 0 N–H and O–H groups in total. The van der Waals surface area contributed by atoms with Gasteiger partial charge in [0.05, 0.1) is 4.92 Å². The molecule has 0 bridgehead atoms. The maximum Gasteiger partial charge on any atom is 0.329 e. The minimum absolute atomic E-state index is 0.0134. The van der Waals surface area contributed by atoms with Gasteiger partial charge in [0, 0.05) is 25.1 Å². The molecule has 1 saturated heterocycles. The second-order valence-corrected chi connectivity index (χ2v) is 6.59. The van der Waals surface area contributed by atoms with Gasteiger partial charge in [0.1, 0.15) is 12.6 Å². The minimum Gasteiger partial charge on any atom is -0.459 e. The van der Waals surface area contributed by atoms with Crippen molar-refractivity contribution in [2.24, 2.45) is 0 Å². The van der Waals surface area contributed by atoms with Crippen LogP contribution in [0.1, 0.15) is 29.5 Å². The predicted octanol–water partition coefficient (Wildman–Crippen LogP) is 3.14. The molecular formula is C20H20N2O5. The molecule has 1 amide bonds. The van der Waals surface area contributed by atoms with Crippen LogP contribution in [0.3, 0.4) is 0 Å². The zero-order valence-electron chi connectivity index (χ0n) is 15.0. The van der Waals surface area contributed by atoms with Crippen LogP contribution in [0.5, 0.6) is 0 Å². The van der Waals surface area contributed by atoms with E-state index in [0.717, 1.165) is 16.7 Å². The molecule has 0 spiro atoms. The molecule has 1 fully saturated rings. The maximum absolute atomic E-state index is 12.5. The summed E-state index contributed by atoms with van der Waals surface area (Å²) in [6.07, 6.45) is 0.704. The van der Waals surface area contributed by atoms with Gasteiger partial charge in [-0.3, -0.25) is 14.9 Å². The van der Waals surface area contributed by atoms with Crippen molar-refractivity contribution in [2.45, 2.75) is 39.0 Å². The predicted molar refractivity (Wildman–Crippen MR) is 97.6 cm³/mol. The lowest BCUT2D eigenvalue weighted by atomic mass is 10.1. The fourth-order valence-electron chi connectivity index (χ4n) is 3.03. The lowest BCUT2D eigenvalue weighted by molar-refractivity contribution is -0.384. The van der Waals surface area contributed by atoms with Gasteiger partial charge in [-0.2, -0.15) is 0 Å². The van der Waals surface area contributed by atoms with Crippen LogP contribution in [0.2, 0.25) is 0 Å². The number of nitro benzene ring substituents is 1. The first-order valence-electron chi connectivity index (χ1n) is 8.69. The van der Waals surface area contributed by atoms with Crippen molar-refractivity contribution in [1.82, 2.24) is 4.90 Å². The summed E-state index contributed by atoms with van der Waals surface area (Å²) in [5.74, 6) is -0.547. The van der Waals surface area contributed by atoms with Gasteiger partial charge in [0.25, 0.3) is 5.69 Å². The average molecular weight is 368 g/mol. The third-order valence-corrected chi connectivity index (χ3v) is 4.60. The highest BCUT2D eigenvalue weighted by Gasteiger charge is 2.37. The van der Waals surface area contributed by atoms with Gasteiger partial charge in [-0.25, -0.2) is 4.79 Å². The molecule has 7 nitrogen and oxygen atoms in total. The van der Waals surface area contributed by atoms with Crippen molar-refractivity contribution in [2.75, 3.05) is 0 Å². The Morgan fingerprint density at radius 2 is 1.78 bits per heavy atom. The topological polar surface area (TPSA) is 89.8 Å². The molecule has 1 aliphatic rings. The number of amides is 1. The van der Waals surface area contributed by atoms with E-state index in [1.807, 2.05) is 31.2 Å². The molecule has 1 atom stereocenters. The Morgan fingerprint density at radius 3 is 2.41 bits per heavy atom. The average Bonchev–Trinajstić information content (AvgIpc) is 3.02. The number of hydrogen-bond donors (Lipinski definition) is 0. The summed E-state index contributed by atoms with van der Waals surface area (Å²) in [5.41, 5.74) is 2.73. The van der Waals surface area contributed by atoms with E-state index >= 15 is 0 Å². The lowest BCUT2D eigenvalue weighted by Gasteiger charge is -2.23. The standard InChI is InChI=1S/C20H20N2O5/c1-14-2-4-16(5-3-14)13-27-20(24)18-10-11-19(23)21(18)12-15-6-8-17(9-7-15)22(25)26/h2-9,18H,10-13H2,1H3/t18-/m0/s1. The molecule has 0 radical (unpaired) electrons. The quantitative estimate of drug-likeness (QED) is 0.444. The van der Waals surface area contributed by atoms with Crippen LogP contribution < -0.4 is 0 Å². The van der Waals surface area contributed by atoms with Gasteiger partial charge in [0.2, 0.25) is 5.91 Å². The van der Waals surface area contributed by atoms with Crippen LogP contribution in [-0.4, -0.2) is 27.7 Å². The van der Waals surface area contributed by atoms with Crippen LogP contribution in [0.25, 0.3) is 0 Å². The summed E-state index contributed by atoms with van der Waals surface area (Å²) in [6, 6.07) is 13.0. The summed E-state index contributed by atoms with van der Waals surface area (Å²) in [7, 11) is 0. The third-order valence-electron chi connectivity index (χ3n) is 4.60. The van der Waals surface area contributed by atoms with Crippen molar-refractivity contribution in [3.05, 3.63) is 75.3 Å². The molecule has 1 aliphatic heterocycles. The molecule has 7 heteroatoms. The van der Waals surface area contributed by atoms with Crippen LogP contribution in [0, 0.1) is 17.0 Å². The highest BCUT2D eigenvalue weighted by Crippen LogP contribution is 2.24. The second kappa shape index (κ2) is 7.99. The van der Waals surface area contributed by atoms with Crippen molar-refractivity contribution >= 4 is 17.6 Å². The molecule has 27 heavy (non-hydrogen) atoms. The fourth-order valence-corrected chi connectivity index (χ4v) is 3.03. The van der Waals surface area contributed by atoms with Gasteiger partial charge in [-0.05, 0) is 24.5 Å². The number of esters is 1. The number of nitrogens with zero attached hydrogens (tertiary/aromatic N) is 2. The van der Waals surface area contributed by atoms with E-state index in [1.165, 1.54) is 17.0 Å². The summed E-state index contributed by atoms with van der Waals surface area (Å²) in [4.78, 5) is 36.4. The van der Waals surface area contributed by atoms with E-state index in [1.54, 1.807) is 12.1 Å². The smallest absolute Gasteiger partial charge is 0.329 e. The van der Waals surface area contributed by atoms with Gasteiger partial charge in [-0.1, -0.05) is 42.0 Å². The Labute approximate surface area is 156 Å². The molecule has 1 heterocycles. The highest BCUT2D eigenvalue weighted by molar-refractivity contribution is 5.88. The normalized spacial score (nSPS) is 16.4. The number of carbonyl (C=O) groups excluding carboxylic acids is 2. The lowest BCUT2D eigenvalue weighted by Crippen LogP contribution is -2.39. The number of carbonyl (C=O) groups is 2. The minimum atomic E-state index is -0.627. The van der Waals surface area contributed by atoms with Crippen LogP contribution >= 0.6 is 0 Å². The van der Waals surface area contributed by atoms with Crippen molar-refractivity contribution in [3.63, 3.8) is 0 Å². The van der Waals surface area contributed by atoms with E-state index in [4.69, 9.17) is 4.74 Å². The monoisotopic (exact) mass is 368 g/mol. The van der Waals surface area contributed by atoms with E-state index in [9.17, 15) is 19.7 Å². The number of nitro groups is 1. The van der Waals surface area contributed by atoms with Gasteiger partial charge in [-0.15, -0.1) is 0 Å². The van der Waals surface area contributed by atoms with Crippen LogP contribution in [-0.2, 0) is 27.5 Å². The van der Waals surface area contributed by atoms with Gasteiger partial charge in [0.15, 0.2) is 0 Å². The molecule has 0 aromatic heterocycles. The first-order chi connectivity index (χ1) is 12.9. The summed E-state index contributed by atoms with van der Waals surface area (Å²) in [6.45, 7) is 2.37. The van der Waals surface area contributed by atoms with Crippen molar-refractivity contribution < 1.29 is 19.2 Å². The van der Waals surface area contributed by atoms with Crippen LogP contribution in [0.15, 0.2) is 48.5 Å². The van der Waals surface area contributed by atoms with Gasteiger partial charge < -0.3 is 9.64 Å². The molecule has 0 aliphatic carbocycles. The van der Waals surface area contributed by atoms with Crippen LogP contribution in [0.4, 0.5) is 5.69 Å². The molecule has 140 valence electrons. The number of rotatable bonds is 6. The van der Waals surface area contributed by atoms with Crippen molar-refractivity contribution in [1.29, 1.82) is 0 Å². The molecule has 2 aromatic rings.